The highest BCUT2D eigenvalue weighted by Crippen LogP contribution is 2.35. The Morgan fingerprint density at radius 2 is 2.00 bits per heavy atom. The fraction of sp³-hybridized carbons (Fsp3) is 0.588. The Hall–Kier alpha value is -1.39. The Bertz CT molecular complexity index is 522. The highest BCUT2D eigenvalue weighted by atomic mass is 16.5. The number of rotatable bonds is 2. The average molecular weight is 288 g/mol. The number of fused-ring (bicyclic) bond motifs is 1. The van der Waals surface area contributed by atoms with E-state index in [0.29, 0.717) is 11.6 Å². The van der Waals surface area contributed by atoms with Gasteiger partial charge in [-0.15, -0.1) is 0 Å². The van der Waals surface area contributed by atoms with Gasteiger partial charge in [-0.05, 0) is 49.6 Å². The topological polar surface area (TPSA) is 32.8 Å². The van der Waals surface area contributed by atoms with E-state index in [4.69, 9.17) is 4.74 Å². The van der Waals surface area contributed by atoms with Gasteiger partial charge in [-0.25, -0.2) is 4.79 Å². The van der Waals surface area contributed by atoms with Crippen LogP contribution in [0.25, 0.3) is 0 Å². The summed E-state index contributed by atoms with van der Waals surface area (Å²) in [5.74, 6) is -0.236. The third kappa shape index (κ3) is 2.97. The van der Waals surface area contributed by atoms with Gasteiger partial charge >= 0.3 is 5.97 Å². The summed E-state index contributed by atoms with van der Waals surface area (Å²) in [7, 11) is 3.63. The molecule has 2 aliphatic rings. The van der Waals surface area contributed by atoms with Crippen molar-refractivity contribution in [2.24, 2.45) is 0 Å². The van der Waals surface area contributed by atoms with Crippen LogP contribution >= 0.6 is 0 Å². The van der Waals surface area contributed by atoms with Crippen LogP contribution in [0.3, 0.4) is 0 Å². The summed E-state index contributed by atoms with van der Waals surface area (Å²) in [6, 6.07) is 6.54. The van der Waals surface area contributed by atoms with E-state index in [1.807, 2.05) is 6.07 Å². The quantitative estimate of drug-likeness (QED) is 0.780. The fourth-order valence-electron chi connectivity index (χ4n) is 3.53. The zero-order valence-corrected chi connectivity index (χ0v) is 13.0. The minimum Gasteiger partial charge on any atom is -0.465 e. The van der Waals surface area contributed by atoms with E-state index in [1.54, 1.807) is 0 Å². The van der Waals surface area contributed by atoms with E-state index in [2.05, 4.69) is 29.0 Å². The van der Waals surface area contributed by atoms with E-state index in [-0.39, 0.29) is 5.97 Å². The van der Waals surface area contributed by atoms with E-state index in [1.165, 1.54) is 31.1 Å². The van der Waals surface area contributed by atoms with Gasteiger partial charge in [-0.1, -0.05) is 6.07 Å². The second-order valence-electron chi connectivity index (χ2n) is 6.15. The Morgan fingerprint density at radius 1 is 1.24 bits per heavy atom. The number of aryl methyl sites for hydroxylation is 1. The number of nitrogens with zero attached hydrogens (tertiary/aromatic N) is 2. The minimum atomic E-state index is -0.236. The normalized spacial score (nSPS) is 23.6. The maximum atomic E-state index is 11.8. The third-order valence-electron chi connectivity index (χ3n) is 4.83. The molecule has 4 nitrogen and oxygen atoms in total. The zero-order chi connectivity index (χ0) is 14.8. The van der Waals surface area contributed by atoms with Gasteiger partial charge in [0.15, 0.2) is 0 Å². The number of hydrogen-bond acceptors (Lipinski definition) is 4. The molecule has 4 heteroatoms. The molecule has 0 spiro atoms. The molecule has 1 atom stereocenters. The predicted molar refractivity (Wildman–Crippen MR) is 82.5 cm³/mol. The van der Waals surface area contributed by atoms with Crippen LogP contribution in [-0.2, 0) is 11.2 Å². The molecule has 0 aromatic heterocycles. The lowest BCUT2D eigenvalue weighted by Gasteiger charge is -2.40. The lowest BCUT2D eigenvalue weighted by Crippen LogP contribution is -2.46. The lowest BCUT2D eigenvalue weighted by atomic mass is 9.85. The van der Waals surface area contributed by atoms with Crippen LogP contribution in [0, 0.1) is 0 Å². The first-order valence-electron chi connectivity index (χ1n) is 7.83. The van der Waals surface area contributed by atoms with Gasteiger partial charge in [0.1, 0.15) is 0 Å². The molecule has 1 aliphatic heterocycles. The molecule has 3 rings (SSSR count). The fourth-order valence-corrected chi connectivity index (χ4v) is 3.53. The highest BCUT2D eigenvalue weighted by molar-refractivity contribution is 5.89. The van der Waals surface area contributed by atoms with Gasteiger partial charge < -0.3 is 9.64 Å². The Balaban J connectivity index is 1.87. The lowest BCUT2D eigenvalue weighted by molar-refractivity contribution is 0.0600. The summed E-state index contributed by atoms with van der Waals surface area (Å²) >= 11 is 0. The largest absolute Gasteiger partial charge is 0.465 e. The minimum absolute atomic E-state index is 0.236. The number of carbonyl (C=O) groups is 1. The van der Waals surface area contributed by atoms with E-state index < -0.39 is 0 Å². The molecule has 1 heterocycles. The van der Waals surface area contributed by atoms with Crippen LogP contribution in [0.2, 0.25) is 0 Å². The first-order chi connectivity index (χ1) is 10.2. The molecule has 0 N–H and O–H groups in total. The number of benzene rings is 1. The summed E-state index contributed by atoms with van der Waals surface area (Å²) in [6.45, 7) is 4.48. The van der Waals surface area contributed by atoms with E-state index in [9.17, 15) is 4.79 Å². The molecule has 0 radical (unpaired) electrons. The van der Waals surface area contributed by atoms with Crippen molar-refractivity contribution < 1.29 is 9.53 Å². The Morgan fingerprint density at radius 3 is 2.71 bits per heavy atom. The highest BCUT2D eigenvalue weighted by Gasteiger charge is 2.28. The Labute approximate surface area is 126 Å². The number of carbonyl (C=O) groups excluding carboxylic acids is 1. The SMILES string of the molecule is COC(=O)c1ccc2c(c1)C(N1CCN(C)CC1)CCC2. The van der Waals surface area contributed by atoms with Crippen LogP contribution in [0.15, 0.2) is 18.2 Å². The molecule has 0 bridgehead atoms. The number of ether oxygens (including phenoxy) is 1. The average Bonchev–Trinajstić information content (AvgIpc) is 2.54. The van der Waals surface area contributed by atoms with Crippen LogP contribution in [0.1, 0.15) is 40.4 Å². The number of hydrogen-bond donors (Lipinski definition) is 0. The molecular weight excluding hydrogens is 264 g/mol. The Kier molecular flexibility index (Phi) is 4.27. The monoisotopic (exact) mass is 288 g/mol. The van der Waals surface area contributed by atoms with Gasteiger partial charge in [0, 0.05) is 32.2 Å². The number of piperazine rings is 1. The summed E-state index contributed by atoms with van der Waals surface area (Å²) in [5.41, 5.74) is 3.42. The summed E-state index contributed by atoms with van der Waals surface area (Å²) in [4.78, 5) is 16.7. The van der Waals surface area contributed by atoms with E-state index in [0.717, 1.165) is 32.6 Å². The molecule has 1 saturated heterocycles. The van der Waals surface area contributed by atoms with Crippen LogP contribution < -0.4 is 0 Å². The maximum Gasteiger partial charge on any atom is 0.337 e. The smallest absolute Gasteiger partial charge is 0.337 e. The third-order valence-corrected chi connectivity index (χ3v) is 4.83. The van der Waals surface area contributed by atoms with Crippen LogP contribution in [0.4, 0.5) is 0 Å². The second kappa shape index (κ2) is 6.16. The first-order valence-corrected chi connectivity index (χ1v) is 7.83. The molecule has 1 fully saturated rings. The molecule has 114 valence electrons. The zero-order valence-electron chi connectivity index (χ0n) is 13.0. The molecule has 21 heavy (non-hydrogen) atoms. The van der Waals surface area contributed by atoms with Crippen molar-refractivity contribution in [2.75, 3.05) is 40.3 Å². The molecule has 0 amide bonds. The molecular formula is C17H24N2O2. The second-order valence-corrected chi connectivity index (χ2v) is 6.15. The van der Waals surface area contributed by atoms with Gasteiger partial charge in [0.25, 0.3) is 0 Å². The molecule has 1 aliphatic carbocycles. The summed E-state index contributed by atoms with van der Waals surface area (Å²) in [5, 5.41) is 0. The molecule has 1 aromatic rings. The van der Waals surface area contributed by atoms with Crippen molar-refractivity contribution in [3.05, 3.63) is 34.9 Å². The van der Waals surface area contributed by atoms with Crippen molar-refractivity contribution in [1.29, 1.82) is 0 Å². The number of methoxy groups -OCH3 is 1. The van der Waals surface area contributed by atoms with Crippen molar-refractivity contribution in [1.82, 2.24) is 9.80 Å². The molecule has 1 unspecified atom stereocenters. The molecule has 0 saturated carbocycles. The van der Waals surface area contributed by atoms with Gasteiger partial charge in [-0.2, -0.15) is 0 Å². The van der Waals surface area contributed by atoms with Gasteiger partial charge in [0.05, 0.1) is 12.7 Å². The van der Waals surface area contributed by atoms with Crippen molar-refractivity contribution in [3.8, 4) is 0 Å². The standard InChI is InChI=1S/C17H24N2O2/c1-18-8-10-19(11-9-18)16-5-3-4-13-6-7-14(12-15(13)16)17(20)21-2/h6-7,12,16H,3-5,8-11H2,1-2H3. The van der Waals surface area contributed by atoms with Crippen LogP contribution in [0.5, 0.6) is 0 Å². The van der Waals surface area contributed by atoms with Crippen LogP contribution in [-0.4, -0.2) is 56.1 Å². The van der Waals surface area contributed by atoms with Crippen molar-refractivity contribution in [2.45, 2.75) is 25.3 Å². The van der Waals surface area contributed by atoms with Gasteiger partial charge in [-0.3, -0.25) is 4.90 Å². The first kappa shape index (κ1) is 14.5. The predicted octanol–water partition coefficient (Wildman–Crippen LogP) is 2.10. The summed E-state index contributed by atoms with van der Waals surface area (Å²) < 4.78 is 4.86. The summed E-state index contributed by atoms with van der Waals surface area (Å²) in [6.07, 6.45) is 3.56. The number of esters is 1. The number of likely N-dealkylation sites (N-methyl/N-ethyl adjacent to an activating group) is 1. The van der Waals surface area contributed by atoms with Gasteiger partial charge in [0.2, 0.25) is 0 Å². The maximum absolute atomic E-state index is 11.8. The van der Waals surface area contributed by atoms with Crippen molar-refractivity contribution >= 4 is 5.97 Å². The van der Waals surface area contributed by atoms with E-state index >= 15 is 0 Å². The molecule has 1 aromatic carbocycles. The van der Waals surface area contributed by atoms with Crippen molar-refractivity contribution in [3.63, 3.8) is 0 Å².